The summed E-state index contributed by atoms with van der Waals surface area (Å²) in [5, 5.41) is 0.519. The molecule has 126 valence electrons. The molecule has 24 heavy (non-hydrogen) atoms. The topological polar surface area (TPSA) is 76.2 Å². The Hall–Kier alpha value is -2.40. The van der Waals surface area contributed by atoms with E-state index in [1.165, 1.54) is 13.8 Å². The van der Waals surface area contributed by atoms with Gasteiger partial charge in [-0.3, -0.25) is 9.59 Å². The quantitative estimate of drug-likeness (QED) is 0.657. The average molecular weight is 348 g/mol. The third kappa shape index (κ3) is 3.57. The van der Waals surface area contributed by atoms with Gasteiger partial charge < -0.3 is 9.72 Å². The normalized spacial score (nSPS) is 11.9. The minimum Gasteiger partial charge on any atom is -0.450 e. The molecule has 0 radical (unpaired) electrons. The van der Waals surface area contributed by atoms with Crippen molar-refractivity contribution in [2.24, 2.45) is 0 Å². The van der Waals surface area contributed by atoms with Crippen molar-refractivity contribution >= 4 is 29.1 Å². The Morgan fingerprint density at radius 3 is 2.21 bits per heavy atom. The minimum atomic E-state index is -0.956. The number of H-pyrrole nitrogens is 1. The van der Waals surface area contributed by atoms with Crippen LogP contribution in [-0.2, 0) is 4.74 Å². The van der Waals surface area contributed by atoms with E-state index in [4.69, 9.17) is 16.3 Å². The second-order valence-electron chi connectivity index (χ2n) is 5.60. The van der Waals surface area contributed by atoms with E-state index in [0.717, 1.165) is 0 Å². The number of aryl methyl sites for hydroxylation is 1. The van der Waals surface area contributed by atoms with Gasteiger partial charge in [-0.05, 0) is 57.5 Å². The summed E-state index contributed by atoms with van der Waals surface area (Å²) in [6, 6.07) is 6.35. The molecular weight excluding hydrogens is 330 g/mol. The van der Waals surface area contributed by atoms with E-state index in [9.17, 15) is 14.4 Å². The van der Waals surface area contributed by atoms with E-state index < -0.39 is 12.1 Å². The van der Waals surface area contributed by atoms with Crippen molar-refractivity contribution in [3.05, 3.63) is 57.4 Å². The molecule has 0 saturated heterocycles. The number of benzene rings is 1. The fourth-order valence-electron chi connectivity index (χ4n) is 2.60. The summed E-state index contributed by atoms with van der Waals surface area (Å²) in [6.45, 7) is 6.32. The third-order valence-electron chi connectivity index (χ3n) is 3.78. The number of rotatable bonds is 5. The summed E-state index contributed by atoms with van der Waals surface area (Å²) in [5.41, 5.74) is 2.19. The number of halogens is 1. The van der Waals surface area contributed by atoms with Gasteiger partial charge in [-0.1, -0.05) is 11.6 Å². The molecule has 0 aliphatic heterocycles. The van der Waals surface area contributed by atoms with E-state index >= 15 is 0 Å². The molecule has 2 rings (SSSR count). The molecule has 0 amide bonds. The third-order valence-corrected chi connectivity index (χ3v) is 4.03. The van der Waals surface area contributed by atoms with E-state index in [0.29, 0.717) is 27.4 Å². The van der Waals surface area contributed by atoms with Crippen LogP contribution in [0.4, 0.5) is 0 Å². The van der Waals surface area contributed by atoms with Gasteiger partial charge in [0.15, 0.2) is 11.9 Å². The van der Waals surface area contributed by atoms with Crippen molar-refractivity contribution in [2.45, 2.75) is 33.8 Å². The Morgan fingerprint density at radius 1 is 1.12 bits per heavy atom. The summed E-state index contributed by atoms with van der Waals surface area (Å²) in [6.07, 6.45) is -0.956. The van der Waals surface area contributed by atoms with Crippen LogP contribution in [0, 0.1) is 13.8 Å². The maximum Gasteiger partial charge on any atom is 0.355 e. The molecular formula is C18H18ClNO4. The Labute approximate surface area is 145 Å². The summed E-state index contributed by atoms with van der Waals surface area (Å²) >= 11 is 5.79. The van der Waals surface area contributed by atoms with Gasteiger partial charge in [-0.2, -0.15) is 0 Å². The molecule has 0 unspecified atom stereocenters. The second-order valence-corrected chi connectivity index (χ2v) is 6.04. The zero-order chi connectivity index (χ0) is 18.0. The highest BCUT2D eigenvalue weighted by molar-refractivity contribution is 6.30. The van der Waals surface area contributed by atoms with E-state index in [2.05, 4.69) is 4.98 Å². The zero-order valence-corrected chi connectivity index (χ0v) is 14.7. The van der Waals surface area contributed by atoms with E-state index in [1.54, 1.807) is 38.1 Å². The van der Waals surface area contributed by atoms with Crippen molar-refractivity contribution in [2.75, 3.05) is 0 Å². The maximum atomic E-state index is 12.3. The molecule has 1 atom stereocenters. The molecule has 6 heteroatoms. The van der Waals surface area contributed by atoms with Crippen LogP contribution in [-0.4, -0.2) is 28.6 Å². The zero-order valence-electron chi connectivity index (χ0n) is 13.9. The molecule has 0 aliphatic rings. The van der Waals surface area contributed by atoms with Crippen LogP contribution < -0.4 is 0 Å². The highest BCUT2D eigenvalue weighted by Crippen LogP contribution is 2.20. The van der Waals surface area contributed by atoms with Crippen molar-refractivity contribution in [1.82, 2.24) is 4.98 Å². The molecule has 0 saturated carbocycles. The second kappa shape index (κ2) is 7.01. The lowest BCUT2D eigenvalue weighted by Crippen LogP contribution is -2.25. The van der Waals surface area contributed by atoms with Gasteiger partial charge in [-0.15, -0.1) is 0 Å². The predicted octanol–water partition coefficient (Wildman–Crippen LogP) is 3.92. The van der Waals surface area contributed by atoms with Crippen LogP contribution >= 0.6 is 11.6 Å². The lowest BCUT2D eigenvalue weighted by Gasteiger charge is -2.12. The number of aromatic amines is 1. The lowest BCUT2D eigenvalue weighted by molar-refractivity contribution is 0.0313. The minimum absolute atomic E-state index is 0.134. The Kier molecular flexibility index (Phi) is 5.24. The van der Waals surface area contributed by atoms with Crippen LogP contribution in [0.15, 0.2) is 24.3 Å². The molecule has 0 fully saturated rings. The molecule has 0 spiro atoms. The Morgan fingerprint density at radius 2 is 1.71 bits per heavy atom. The van der Waals surface area contributed by atoms with Crippen molar-refractivity contribution in [3.63, 3.8) is 0 Å². The number of hydrogen-bond acceptors (Lipinski definition) is 4. The number of carbonyl (C=O) groups excluding carboxylic acids is 3. The first-order valence-corrected chi connectivity index (χ1v) is 7.81. The van der Waals surface area contributed by atoms with Crippen molar-refractivity contribution < 1.29 is 19.1 Å². The van der Waals surface area contributed by atoms with Crippen molar-refractivity contribution in [3.8, 4) is 0 Å². The first-order valence-electron chi connectivity index (χ1n) is 7.43. The molecule has 1 aromatic heterocycles. The molecule has 0 aliphatic carbocycles. The fourth-order valence-corrected chi connectivity index (χ4v) is 2.73. The van der Waals surface area contributed by atoms with Gasteiger partial charge in [0.2, 0.25) is 5.78 Å². The molecule has 1 heterocycles. The molecule has 1 aromatic carbocycles. The molecule has 0 bridgehead atoms. The van der Waals surface area contributed by atoms with Crippen LogP contribution in [0.3, 0.4) is 0 Å². The highest BCUT2D eigenvalue weighted by atomic mass is 35.5. The summed E-state index contributed by atoms with van der Waals surface area (Å²) in [7, 11) is 0. The van der Waals surface area contributed by atoms with E-state index in [1.807, 2.05) is 0 Å². The van der Waals surface area contributed by atoms with Gasteiger partial charge in [0.1, 0.15) is 5.69 Å². The van der Waals surface area contributed by atoms with E-state index in [-0.39, 0.29) is 17.3 Å². The average Bonchev–Trinajstić information content (AvgIpc) is 2.82. The van der Waals surface area contributed by atoms with Crippen LogP contribution in [0.5, 0.6) is 0 Å². The fraction of sp³-hybridized carbons (Fsp3) is 0.278. The van der Waals surface area contributed by atoms with Gasteiger partial charge >= 0.3 is 5.97 Å². The number of hydrogen-bond donors (Lipinski definition) is 1. The Bertz CT molecular complexity index is 805. The number of aromatic nitrogens is 1. The van der Waals surface area contributed by atoms with Crippen LogP contribution in [0.1, 0.15) is 56.3 Å². The summed E-state index contributed by atoms with van der Waals surface area (Å²) in [4.78, 5) is 39.1. The van der Waals surface area contributed by atoms with Gasteiger partial charge in [-0.25, -0.2) is 4.79 Å². The first-order chi connectivity index (χ1) is 11.2. The van der Waals surface area contributed by atoms with Gasteiger partial charge in [0.25, 0.3) is 0 Å². The maximum absolute atomic E-state index is 12.3. The summed E-state index contributed by atoms with van der Waals surface area (Å²) in [5.74, 6) is -1.13. The smallest absolute Gasteiger partial charge is 0.355 e. The molecule has 1 N–H and O–H groups in total. The number of carbonyl (C=O) groups is 3. The van der Waals surface area contributed by atoms with Crippen LogP contribution in [0.25, 0.3) is 0 Å². The molecule has 5 nitrogen and oxygen atoms in total. The van der Waals surface area contributed by atoms with Gasteiger partial charge in [0, 0.05) is 21.8 Å². The predicted molar refractivity (Wildman–Crippen MR) is 90.9 cm³/mol. The first kappa shape index (κ1) is 17.9. The van der Waals surface area contributed by atoms with Crippen molar-refractivity contribution in [1.29, 1.82) is 0 Å². The number of Topliss-reactive ketones (excluding diaryl/α,β-unsaturated/α-hetero) is 2. The summed E-state index contributed by atoms with van der Waals surface area (Å²) < 4.78 is 5.25. The lowest BCUT2D eigenvalue weighted by atomic mass is 10.1. The van der Waals surface area contributed by atoms with Gasteiger partial charge in [0.05, 0.1) is 0 Å². The molecule has 2 aromatic rings. The number of esters is 1. The standard InChI is InChI=1S/C18H18ClNO4/c1-9-15(11(3)21)10(2)20-16(9)18(23)24-12(4)17(22)13-5-7-14(19)8-6-13/h5-8,12,20H,1-4H3/t12-/m0/s1. The monoisotopic (exact) mass is 347 g/mol. The number of ether oxygens (including phenoxy) is 1. The largest absolute Gasteiger partial charge is 0.450 e. The Balaban J connectivity index is 2.17. The number of ketones is 2. The highest BCUT2D eigenvalue weighted by Gasteiger charge is 2.25. The number of nitrogens with one attached hydrogen (secondary N) is 1. The van der Waals surface area contributed by atoms with Crippen LogP contribution in [0.2, 0.25) is 5.02 Å². The SMILES string of the molecule is CC(=O)c1c(C)[nH]c(C(=O)O[C@@H](C)C(=O)c2ccc(Cl)cc2)c1C.